The number of carboxylic acid groups (broad SMARTS) is 1. The smallest absolute Gasteiger partial charge is 0.354 e. The van der Waals surface area contributed by atoms with Crippen LogP contribution in [0.2, 0.25) is 0 Å². The van der Waals surface area contributed by atoms with Crippen molar-refractivity contribution in [3.05, 3.63) is 12.3 Å². The van der Waals surface area contributed by atoms with Gasteiger partial charge in [0.05, 0.1) is 0 Å². The van der Waals surface area contributed by atoms with Crippen LogP contribution >= 0.6 is 0 Å². The predicted octanol–water partition coefficient (Wildman–Crippen LogP) is 0.997. The van der Waals surface area contributed by atoms with Gasteiger partial charge in [0.25, 0.3) is 0 Å². The lowest BCUT2D eigenvalue weighted by Crippen LogP contribution is -2.23. The number of allylic oxidation sites excluding steroid dienone is 1. The molecule has 0 amide bonds. The van der Waals surface area contributed by atoms with Crippen molar-refractivity contribution in [2.75, 3.05) is 0 Å². The lowest BCUT2D eigenvalue weighted by Gasteiger charge is -2.11. The summed E-state index contributed by atoms with van der Waals surface area (Å²) < 4.78 is 0. The molecule has 0 saturated carbocycles. The van der Waals surface area contributed by atoms with Crippen molar-refractivity contribution in [3.63, 3.8) is 0 Å². The highest BCUT2D eigenvalue weighted by molar-refractivity contribution is 6.36. The second kappa shape index (κ2) is 3.18. The van der Waals surface area contributed by atoms with E-state index in [1.165, 1.54) is 6.26 Å². The Morgan fingerprint density at radius 1 is 1.91 bits per heavy atom. The van der Waals surface area contributed by atoms with Crippen molar-refractivity contribution in [1.82, 2.24) is 0 Å². The molecule has 1 heterocycles. The minimum atomic E-state index is -1.01. The second-order valence-electron chi connectivity index (χ2n) is 2.23. The third-order valence-electron chi connectivity index (χ3n) is 1.53. The lowest BCUT2D eigenvalue weighted by molar-refractivity contribution is -0.129. The molecular formula is C7H9NO3. The van der Waals surface area contributed by atoms with Crippen LogP contribution in [-0.4, -0.2) is 16.8 Å². The molecule has 60 valence electrons. The van der Waals surface area contributed by atoms with E-state index in [2.05, 4.69) is 9.99 Å². The highest BCUT2D eigenvalue weighted by atomic mass is 16.6. The standard InChI is InChI=1S/C7H9NO3/c1-2-5-3-4-11-8-6(5)7(9)10/h3-5H,2H2,1H3,(H,9,10). The second-order valence-corrected chi connectivity index (χ2v) is 2.23. The number of rotatable bonds is 2. The average molecular weight is 155 g/mol. The topological polar surface area (TPSA) is 58.9 Å². The van der Waals surface area contributed by atoms with E-state index in [4.69, 9.17) is 5.11 Å². The fraction of sp³-hybridized carbons (Fsp3) is 0.429. The fourth-order valence-electron chi connectivity index (χ4n) is 0.903. The van der Waals surface area contributed by atoms with Crippen LogP contribution in [0.25, 0.3) is 0 Å². The van der Waals surface area contributed by atoms with E-state index in [-0.39, 0.29) is 11.6 Å². The van der Waals surface area contributed by atoms with E-state index < -0.39 is 5.97 Å². The average Bonchev–Trinajstić information content (AvgIpc) is 2.04. The summed E-state index contributed by atoms with van der Waals surface area (Å²) in [7, 11) is 0. The first kappa shape index (κ1) is 7.78. The van der Waals surface area contributed by atoms with Gasteiger partial charge in [-0.05, 0) is 12.5 Å². The molecule has 0 spiro atoms. The zero-order valence-electron chi connectivity index (χ0n) is 6.15. The molecule has 0 aromatic heterocycles. The molecule has 1 aliphatic heterocycles. The summed E-state index contributed by atoms with van der Waals surface area (Å²) in [5.74, 6) is -1.12. The number of oxime groups is 1. The van der Waals surface area contributed by atoms with Gasteiger partial charge in [-0.3, -0.25) is 0 Å². The van der Waals surface area contributed by atoms with Crippen LogP contribution in [0.15, 0.2) is 17.5 Å². The van der Waals surface area contributed by atoms with Crippen LogP contribution in [0.4, 0.5) is 0 Å². The van der Waals surface area contributed by atoms with E-state index in [0.29, 0.717) is 0 Å². The van der Waals surface area contributed by atoms with Gasteiger partial charge in [0.2, 0.25) is 0 Å². The Morgan fingerprint density at radius 2 is 2.64 bits per heavy atom. The summed E-state index contributed by atoms with van der Waals surface area (Å²) in [6, 6.07) is 0. The third-order valence-corrected chi connectivity index (χ3v) is 1.53. The summed E-state index contributed by atoms with van der Waals surface area (Å²) >= 11 is 0. The van der Waals surface area contributed by atoms with E-state index in [1.807, 2.05) is 6.92 Å². The Kier molecular flexibility index (Phi) is 2.25. The van der Waals surface area contributed by atoms with Crippen molar-refractivity contribution in [2.24, 2.45) is 11.1 Å². The Bertz CT molecular complexity index is 220. The Hall–Kier alpha value is -1.32. The molecule has 0 radical (unpaired) electrons. The quantitative estimate of drug-likeness (QED) is 0.647. The first-order valence-corrected chi connectivity index (χ1v) is 3.39. The molecule has 1 atom stereocenters. The van der Waals surface area contributed by atoms with E-state index in [1.54, 1.807) is 6.08 Å². The minimum Gasteiger partial charge on any atom is -0.477 e. The van der Waals surface area contributed by atoms with Crippen molar-refractivity contribution in [2.45, 2.75) is 13.3 Å². The summed E-state index contributed by atoms with van der Waals surface area (Å²) in [5.41, 5.74) is 0.0787. The van der Waals surface area contributed by atoms with Gasteiger partial charge in [-0.25, -0.2) is 4.79 Å². The van der Waals surface area contributed by atoms with Crippen LogP contribution in [0.3, 0.4) is 0 Å². The molecule has 1 unspecified atom stereocenters. The number of carbonyl (C=O) groups is 1. The summed E-state index contributed by atoms with van der Waals surface area (Å²) in [5, 5.41) is 12.0. The molecule has 0 bridgehead atoms. The molecule has 0 aromatic carbocycles. The van der Waals surface area contributed by atoms with Gasteiger partial charge in [-0.15, -0.1) is 0 Å². The van der Waals surface area contributed by atoms with Crippen molar-refractivity contribution in [3.8, 4) is 0 Å². The van der Waals surface area contributed by atoms with Gasteiger partial charge in [0, 0.05) is 5.92 Å². The molecule has 4 heteroatoms. The van der Waals surface area contributed by atoms with Gasteiger partial charge in [-0.2, -0.15) is 0 Å². The van der Waals surface area contributed by atoms with Crippen LogP contribution in [0.1, 0.15) is 13.3 Å². The number of aliphatic carboxylic acids is 1. The summed E-state index contributed by atoms with van der Waals surface area (Å²) in [6.07, 6.45) is 3.82. The molecule has 0 aromatic rings. The van der Waals surface area contributed by atoms with E-state index in [9.17, 15) is 4.79 Å². The Morgan fingerprint density at radius 3 is 3.09 bits per heavy atom. The molecule has 4 nitrogen and oxygen atoms in total. The molecule has 0 fully saturated rings. The minimum absolute atomic E-state index is 0.0787. The van der Waals surface area contributed by atoms with Crippen LogP contribution < -0.4 is 0 Å². The largest absolute Gasteiger partial charge is 0.477 e. The van der Waals surface area contributed by atoms with Crippen molar-refractivity contribution < 1.29 is 14.7 Å². The van der Waals surface area contributed by atoms with Crippen LogP contribution in [-0.2, 0) is 9.63 Å². The summed E-state index contributed by atoms with van der Waals surface area (Å²) in [6.45, 7) is 1.90. The van der Waals surface area contributed by atoms with Gasteiger partial charge in [0.1, 0.15) is 6.26 Å². The maximum Gasteiger partial charge on any atom is 0.354 e. The zero-order valence-corrected chi connectivity index (χ0v) is 6.15. The molecule has 1 N–H and O–H groups in total. The molecule has 0 saturated heterocycles. The van der Waals surface area contributed by atoms with Gasteiger partial charge < -0.3 is 9.94 Å². The molecule has 0 aliphatic carbocycles. The van der Waals surface area contributed by atoms with Gasteiger partial charge in [0.15, 0.2) is 5.71 Å². The van der Waals surface area contributed by atoms with E-state index in [0.717, 1.165) is 6.42 Å². The number of hydrogen-bond acceptors (Lipinski definition) is 3. The SMILES string of the molecule is CCC1C=CON=C1C(=O)O. The van der Waals surface area contributed by atoms with Crippen molar-refractivity contribution in [1.29, 1.82) is 0 Å². The third kappa shape index (κ3) is 1.58. The van der Waals surface area contributed by atoms with Crippen LogP contribution in [0.5, 0.6) is 0 Å². The molecule has 1 aliphatic rings. The number of carboxylic acids is 1. The lowest BCUT2D eigenvalue weighted by atomic mass is 10.0. The molecule has 1 rings (SSSR count). The van der Waals surface area contributed by atoms with Crippen LogP contribution in [0, 0.1) is 5.92 Å². The normalized spacial score (nSPS) is 22.3. The first-order chi connectivity index (χ1) is 5.25. The fourth-order valence-corrected chi connectivity index (χ4v) is 0.903. The maximum absolute atomic E-state index is 10.5. The van der Waals surface area contributed by atoms with Gasteiger partial charge >= 0.3 is 5.97 Å². The Labute approximate surface area is 64.2 Å². The highest BCUT2D eigenvalue weighted by Gasteiger charge is 2.21. The van der Waals surface area contributed by atoms with Gasteiger partial charge in [-0.1, -0.05) is 12.1 Å². The molecular weight excluding hydrogens is 146 g/mol. The van der Waals surface area contributed by atoms with Crippen molar-refractivity contribution >= 4 is 11.7 Å². The summed E-state index contributed by atoms with van der Waals surface area (Å²) in [4.78, 5) is 15.0. The van der Waals surface area contributed by atoms with E-state index >= 15 is 0 Å². The zero-order chi connectivity index (χ0) is 8.27. The number of hydrogen-bond donors (Lipinski definition) is 1. The Balaban J connectivity index is 2.76. The monoisotopic (exact) mass is 155 g/mol. The highest BCUT2D eigenvalue weighted by Crippen LogP contribution is 2.12. The first-order valence-electron chi connectivity index (χ1n) is 3.39. The maximum atomic E-state index is 10.5. The predicted molar refractivity (Wildman–Crippen MR) is 39.1 cm³/mol. The number of nitrogens with zero attached hydrogens (tertiary/aromatic N) is 1. The molecule has 11 heavy (non-hydrogen) atoms.